The highest BCUT2D eigenvalue weighted by atomic mass is 16.1. The molecule has 0 aromatic carbocycles. The van der Waals surface area contributed by atoms with Gasteiger partial charge in [0.05, 0.1) is 6.17 Å². The second-order valence-electron chi connectivity index (χ2n) is 3.33. The van der Waals surface area contributed by atoms with Crippen molar-refractivity contribution in [2.45, 2.75) is 39.3 Å². The SMILES string of the molecule is CCC(CC)C1NCCC(=O)N1. The lowest BCUT2D eigenvalue weighted by Crippen LogP contribution is -2.54. The zero-order chi connectivity index (χ0) is 8.97. The molecule has 0 spiro atoms. The van der Waals surface area contributed by atoms with E-state index < -0.39 is 0 Å². The Balaban J connectivity index is 2.43. The van der Waals surface area contributed by atoms with Crippen LogP contribution in [0, 0.1) is 5.92 Å². The Hall–Kier alpha value is -0.570. The van der Waals surface area contributed by atoms with Crippen molar-refractivity contribution in [3.63, 3.8) is 0 Å². The van der Waals surface area contributed by atoms with Crippen molar-refractivity contribution < 1.29 is 4.79 Å². The number of carbonyl (C=O) groups is 1. The molecule has 1 saturated heterocycles. The third-order valence-corrected chi connectivity index (χ3v) is 2.55. The summed E-state index contributed by atoms with van der Waals surface area (Å²) in [6.07, 6.45) is 3.07. The van der Waals surface area contributed by atoms with Crippen LogP contribution in [0.2, 0.25) is 0 Å². The molecule has 0 radical (unpaired) electrons. The number of hydrogen-bond donors (Lipinski definition) is 2. The van der Waals surface area contributed by atoms with Gasteiger partial charge in [0.25, 0.3) is 0 Å². The van der Waals surface area contributed by atoms with Gasteiger partial charge in [-0.3, -0.25) is 10.1 Å². The van der Waals surface area contributed by atoms with E-state index in [2.05, 4.69) is 24.5 Å². The van der Waals surface area contributed by atoms with Crippen LogP contribution in [-0.4, -0.2) is 18.6 Å². The molecule has 1 fully saturated rings. The van der Waals surface area contributed by atoms with E-state index in [1.807, 2.05) is 0 Å². The molecule has 1 aliphatic heterocycles. The van der Waals surface area contributed by atoms with Crippen LogP contribution in [-0.2, 0) is 4.79 Å². The van der Waals surface area contributed by atoms with Crippen molar-refractivity contribution in [3.05, 3.63) is 0 Å². The highest BCUT2D eigenvalue weighted by molar-refractivity contribution is 5.77. The Morgan fingerprint density at radius 3 is 2.67 bits per heavy atom. The summed E-state index contributed by atoms with van der Waals surface area (Å²) >= 11 is 0. The highest BCUT2D eigenvalue weighted by Gasteiger charge is 2.23. The first-order valence-electron chi connectivity index (χ1n) is 4.80. The van der Waals surface area contributed by atoms with E-state index in [1.54, 1.807) is 0 Å². The van der Waals surface area contributed by atoms with Crippen molar-refractivity contribution in [2.24, 2.45) is 5.92 Å². The summed E-state index contributed by atoms with van der Waals surface area (Å²) in [5.74, 6) is 0.764. The minimum Gasteiger partial charge on any atom is -0.340 e. The molecule has 70 valence electrons. The van der Waals surface area contributed by atoms with Gasteiger partial charge in [0, 0.05) is 13.0 Å². The summed E-state index contributed by atoms with van der Waals surface area (Å²) in [5.41, 5.74) is 0. The van der Waals surface area contributed by atoms with Crippen LogP contribution in [0.5, 0.6) is 0 Å². The van der Waals surface area contributed by atoms with Gasteiger partial charge in [0.1, 0.15) is 0 Å². The van der Waals surface area contributed by atoms with Crippen molar-refractivity contribution in [3.8, 4) is 0 Å². The van der Waals surface area contributed by atoms with Gasteiger partial charge in [-0.05, 0) is 5.92 Å². The molecule has 1 amide bonds. The molecule has 3 nitrogen and oxygen atoms in total. The van der Waals surface area contributed by atoms with E-state index in [1.165, 1.54) is 0 Å². The Morgan fingerprint density at radius 1 is 1.50 bits per heavy atom. The lowest BCUT2D eigenvalue weighted by atomic mass is 9.98. The molecule has 1 heterocycles. The molecular weight excluding hydrogens is 152 g/mol. The van der Waals surface area contributed by atoms with Crippen molar-refractivity contribution in [1.29, 1.82) is 0 Å². The van der Waals surface area contributed by atoms with Gasteiger partial charge >= 0.3 is 0 Å². The third kappa shape index (κ3) is 2.21. The normalized spacial score (nSPS) is 24.2. The monoisotopic (exact) mass is 170 g/mol. The predicted molar refractivity (Wildman–Crippen MR) is 48.6 cm³/mol. The maximum absolute atomic E-state index is 11.1. The summed E-state index contributed by atoms with van der Waals surface area (Å²) in [5, 5.41) is 6.29. The van der Waals surface area contributed by atoms with Crippen molar-refractivity contribution in [2.75, 3.05) is 6.54 Å². The molecule has 1 unspecified atom stereocenters. The summed E-state index contributed by atoms with van der Waals surface area (Å²) in [4.78, 5) is 11.1. The molecule has 1 aliphatic rings. The maximum Gasteiger partial charge on any atom is 0.222 e. The number of carbonyl (C=O) groups excluding carboxylic acids is 1. The van der Waals surface area contributed by atoms with Gasteiger partial charge in [-0.2, -0.15) is 0 Å². The first-order valence-corrected chi connectivity index (χ1v) is 4.80. The molecule has 0 aliphatic carbocycles. The first-order chi connectivity index (χ1) is 5.77. The molecule has 0 aromatic rings. The third-order valence-electron chi connectivity index (χ3n) is 2.55. The average Bonchev–Trinajstić information content (AvgIpc) is 2.07. The number of nitrogens with one attached hydrogen (secondary N) is 2. The van der Waals surface area contributed by atoms with E-state index in [0.29, 0.717) is 12.3 Å². The van der Waals surface area contributed by atoms with Gasteiger partial charge in [-0.25, -0.2) is 0 Å². The van der Waals surface area contributed by atoms with Gasteiger partial charge in [-0.15, -0.1) is 0 Å². The fourth-order valence-electron chi connectivity index (χ4n) is 1.68. The molecule has 1 atom stereocenters. The first kappa shape index (κ1) is 9.52. The molecular formula is C9H18N2O. The van der Waals surface area contributed by atoms with E-state index in [4.69, 9.17) is 0 Å². The summed E-state index contributed by atoms with van der Waals surface area (Å²) in [6, 6.07) is 0. The average molecular weight is 170 g/mol. The molecule has 0 saturated carbocycles. The fraction of sp³-hybridized carbons (Fsp3) is 0.889. The number of amides is 1. The lowest BCUT2D eigenvalue weighted by Gasteiger charge is -2.30. The molecule has 1 rings (SSSR count). The second-order valence-corrected chi connectivity index (χ2v) is 3.33. The standard InChI is InChI=1S/C9H18N2O/c1-3-7(4-2)9-10-6-5-8(12)11-9/h7,9-10H,3-6H2,1-2H3,(H,11,12). The summed E-state index contributed by atoms with van der Waals surface area (Å²) < 4.78 is 0. The van der Waals surface area contributed by atoms with Crippen LogP contribution in [0.1, 0.15) is 33.1 Å². The minimum absolute atomic E-state index is 0.186. The minimum atomic E-state index is 0.186. The summed E-state index contributed by atoms with van der Waals surface area (Å²) in [7, 11) is 0. The topological polar surface area (TPSA) is 41.1 Å². The number of rotatable bonds is 3. The van der Waals surface area contributed by atoms with Crippen molar-refractivity contribution >= 4 is 5.91 Å². The van der Waals surface area contributed by atoms with Gasteiger partial charge in [-0.1, -0.05) is 26.7 Å². The van der Waals surface area contributed by atoms with Gasteiger partial charge in [0.15, 0.2) is 0 Å². The Labute approximate surface area is 73.9 Å². The summed E-state index contributed by atoms with van der Waals surface area (Å²) in [6.45, 7) is 5.15. The van der Waals surface area contributed by atoms with Crippen LogP contribution in [0.15, 0.2) is 0 Å². The van der Waals surface area contributed by atoms with Crippen LogP contribution in [0.4, 0.5) is 0 Å². The zero-order valence-corrected chi connectivity index (χ0v) is 7.89. The number of hydrogen-bond acceptors (Lipinski definition) is 2. The molecule has 12 heavy (non-hydrogen) atoms. The van der Waals surface area contributed by atoms with Crippen LogP contribution in [0.3, 0.4) is 0 Å². The molecule has 0 aromatic heterocycles. The van der Waals surface area contributed by atoms with E-state index in [0.717, 1.165) is 19.4 Å². The Bertz CT molecular complexity index is 155. The second kappa shape index (κ2) is 4.45. The van der Waals surface area contributed by atoms with E-state index >= 15 is 0 Å². The molecule has 2 N–H and O–H groups in total. The maximum atomic E-state index is 11.1. The fourth-order valence-corrected chi connectivity index (χ4v) is 1.68. The molecule has 3 heteroatoms. The smallest absolute Gasteiger partial charge is 0.222 e. The molecule has 0 bridgehead atoms. The van der Waals surface area contributed by atoms with Crippen LogP contribution < -0.4 is 10.6 Å². The van der Waals surface area contributed by atoms with Crippen LogP contribution in [0.25, 0.3) is 0 Å². The Morgan fingerprint density at radius 2 is 2.17 bits per heavy atom. The quantitative estimate of drug-likeness (QED) is 0.659. The van der Waals surface area contributed by atoms with E-state index in [9.17, 15) is 4.79 Å². The highest BCUT2D eigenvalue weighted by Crippen LogP contribution is 2.12. The lowest BCUT2D eigenvalue weighted by molar-refractivity contribution is -0.123. The predicted octanol–water partition coefficient (Wildman–Crippen LogP) is 0.858. The van der Waals surface area contributed by atoms with Crippen LogP contribution >= 0.6 is 0 Å². The van der Waals surface area contributed by atoms with E-state index in [-0.39, 0.29) is 12.1 Å². The largest absolute Gasteiger partial charge is 0.340 e. The zero-order valence-electron chi connectivity index (χ0n) is 7.89. The van der Waals surface area contributed by atoms with Gasteiger partial charge in [0.2, 0.25) is 5.91 Å². The Kier molecular flexibility index (Phi) is 3.53. The van der Waals surface area contributed by atoms with Crippen molar-refractivity contribution in [1.82, 2.24) is 10.6 Å². The van der Waals surface area contributed by atoms with Gasteiger partial charge < -0.3 is 5.32 Å².